The minimum absolute atomic E-state index is 0.179. The Labute approximate surface area is 171 Å². The molecule has 1 aliphatic carbocycles. The lowest BCUT2D eigenvalue weighted by atomic mass is 9.78. The minimum Gasteiger partial charge on any atom is -0.492 e. The molecule has 1 saturated heterocycles. The molecular weight excluding hydrogens is 388 g/mol. The highest BCUT2D eigenvalue weighted by atomic mass is 32.2. The summed E-state index contributed by atoms with van der Waals surface area (Å²) >= 11 is 0. The van der Waals surface area contributed by atoms with Crippen LogP contribution in [0.4, 0.5) is 5.69 Å². The largest absolute Gasteiger partial charge is 0.492 e. The van der Waals surface area contributed by atoms with E-state index in [0.717, 1.165) is 44.5 Å². The van der Waals surface area contributed by atoms with E-state index in [1.165, 1.54) is 6.33 Å². The number of anilines is 1. The summed E-state index contributed by atoms with van der Waals surface area (Å²) in [5, 5.41) is 0. The van der Waals surface area contributed by atoms with Crippen molar-refractivity contribution in [2.24, 2.45) is 11.3 Å². The van der Waals surface area contributed by atoms with Crippen LogP contribution in [-0.4, -0.2) is 55.5 Å². The van der Waals surface area contributed by atoms with E-state index in [1.54, 1.807) is 22.5 Å². The zero-order chi connectivity index (χ0) is 19.9. The van der Waals surface area contributed by atoms with E-state index in [0.29, 0.717) is 36.3 Å². The van der Waals surface area contributed by atoms with Crippen molar-refractivity contribution in [3.63, 3.8) is 0 Å². The van der Waals surface area contributed by atoms with Crippen molar-refractivity contribution in [2.75, 3.05) is 37.7 Å². The van der Waals surface area contributed by atoms with Gasteiger partial charge < -0.3 is 9.64 Å². The number of ether oxygens (including phenoxy) is 1. The number of aromatic nitrogens is 2. The molecule has 1 spiro atoms. The molecule has 7 nitrogen and oxygen atoms in total. The molecule has 2 aromatic rings. The number of para-hydroxylation sites is 1. The summed E-state index contributed by atoms with van der Waals surface area (Å²) in [5.41, 5.74) is 0.837. The SMILES string of the molecule is O=S1(=O)c2ccccc2OCC2(CCN(c3cncnc3)CC2)CN1CC1CC1. The number of piperidine rings is 1. The number of sulfonamides is 1. The third-order valence-corrected chi connectivity index (χ3v) is 8.26. The predicted octanol–water partition coefficient (Wildman–Crippen LogP) is 2.56. The number of benzene rings is 1. The number of hydrogen-bond acceptors (Lipinski definition) is 6. The van der Waals surface area contributed by atoms with Gasteiger partial charge in [0.25, 0.3) is 0 Å². The zero-order valence-electron chi connectivity index (χ0n) is 16.4. The molecule has 5 rings (SSSR count). The predicted molar refractivity (Wildman–Crippen MR) is 109 cm³/mol. The average Bonchev–Trinajstić information content (AvgIpc) is 3.57. The second-order valence-electron chi connectivity index (χ2n) is 8.56. The Kier molecular flexibility index (Phi) is 4.70. The van der Waals surface area contributed by atoms with Gasteiger partial charge in [0.05, 0.1) is 24.7 Å². The van der Waals surface area contributed by atoms with Crippen molar-refractivity contribution in [3.05, 3.63) is 43.0 Å². The Bertz CT molecular complexity index is 970. The van der Waals surface area contributed by atoms with E-state index in [2.05, 4.69) is 14.9 Å². The van der Waals surface area contributed by atoms with Crippen molar-refractivity contribution >= 4 is 15.7 Å². The van der Waals surface area contributed by atoms with Gasteiger partial charge in [0.2, 0.25) is 10.0 Å². The van der Waals surface area contributed by atoms with Gasteiger partial charge in [0.1, 0.15) is 17.0 Å². The number of hydrogen-bond donors (Lipinski definition) is 0. The lowest BCUT2D eigenvalue weighted by Crippen LogP contribution is -2.52. The molecule has 1 saturated carbocycles. The minimum atomic E-state index is -3.56. The molecular formula is C21H26N4O3S. The third-order valence-electron chi connectivity index (χ3n) is 6.41. The summed E-state index contributed by atoms with van der Waals surface area (Å²) in [6.07, 6.45) is 9.20. The standard InChI is InChI=1S/C21H26N4O3S/c26-29(27)20-4-2-1-3-19(20)28-15-21(14-25(29)13-17-5-6-17)7-9-24(10-8-21)18-11-22-16-23-12-18/h1-4,11-12,16-17H,5-10,13-15H2. The lowest BCUT2D eigenvalue weighted by molar-refractivity contribution is 0.0809. The maximum Gasteiger partial charge on any atom is 0.246 e. The molecule has 0 radical (unpaired) electrons. The van der Waals surface area contributed by atoms with Crippen LogP contribution in [0.2, 0.25) is 0 Å². The Morgan fingerprint density at radius 3 is 2.55 bits per heavy atom. The van der Waals surface area contributed by atoms with Gasteiger partial charge in [0, 0.05) is 31.6 Å². The van der Waals surface area contributed by atoms with Crippen LogP contribution < -0.4 is 9.64 Å². The first-order valence-corrected chi connectivity index (χ1v) is 11.7. The quantitative estimate of drug-likeness (QED) is 0.768. The van der Waals surface area contributed by atoms with Gasteiger partial charge in [-0.15, -0.1) is 0 Å². The van der Waals surface area contributed by atoms with E-state index in [9.17, 15) is 8.42 Å². The van der Waals surface area contributed by atoms with Crippen LogP contribution in [0.15, 0.2) is 47.9 Å². The average molecular weight is 415 g/mol. The fourth-order valence-electron chi connectivity index (χ4n) is 4.40. The topological polar surface area (TPSA) is 75.6 Å². The molecule has 1 aromatic heterocycles. The Morgan fingerprint density at radius 1 is 1.10 bits per heavy atom. The summed E-state index contributed by atoms with van der Waals surface area (Å²) in [7, 11) is -3.56. The number of rotatable bonds is 3. The second-order valence-corrected chi connectivity index (χ2v) is 10.5. The lowest BCUT2D eigenvalue weighted by Gasteiger charge is -2.45. The van der Waals surface area contributed by atoms with Gasteiger partial charge in [-0.05, 0) is 43.7 Å². The van der Waals surface area contributed by atoms with E-state index in [4.69, 9.17) is 4.74 Å². The van der Waals surface area contributed by atoms with E-state index >= 15 is 0 Å². The molecule has 0 N–H and O–H groups in total. The molecule has 2 aliphatic heterocycles. The fraction of sp³-hybridized carbons (Fsp3) is 0.524. The van der Waals surface area contributed by atoms with Crippen LogP contribution in [0.3, 0.4) is 0 Å². The molecule has 8 heteroatoms. The molecule has 0 atom stereocenters. The molecule has 0 unspecified atom stereocenters. The highest BCUT2D eigenvalue weighted by Gasteiger charge is 2.44. The molecule has 3 aliphatic rings. The smallest absolute Gasteiger partial charge is 0.246 e. The number of fused-ring (bicyclic) bond motifs is 1. The normalized spacial score (nSPS) is 23.7. The first-order chi connectivity index (χ1) is 14.1. The van der Waals surface area contributed by atoms with Crippen LogP contribution in [0.1, 0.15) is 25.7 Å². The second kappa shape index (κ2) is 7.25. The first kappa shape index (κ1) is 18.8. The van der Waals surface area contributed by atoms with Gasteiger partial charge in [-0.25, -0.2) is 18.4 Å². The third kappa shape index (κ3) is 3.71. The van der Waals surface area contributed by atoms with Crippen molar-refractivity contribution < 1.29 is 13.2 Å². The van der Waals surface area contributed by atoms with Crippen molar-refractivity contribution in [2.45, 2.75) is 30.6 Å². The first-order valence-electron chi connectivity index (χ1n) is 10.3. The Hall–Kier alpha value is -2.19. The molecule has 154 valence electrons. The molecule has 29 heavy (non-hydrogen) atoms. The van der Waals surface area contributed by atoms with Crippen LogP contribution in [0, 0.1) is 11.3 Å². The highest BCUT2D eigenvalue weighted by Crippen LogP contribution is 2.41. The maximum absolute atomic E-state index is 13.5. The molecule has 3 heterocycles. The van der Waals surface area contributed by atoms with E-state index in [1.807, 2.05) is 18.5 Å². The van der Waals surface area contributed by atoms with Gasteiger partial charge in [-0.3, -0.25) is 0 Å². The summed E-state index contributed by atoms with van der Waals surface area (Å²) in [5.74, 6) is 0.974. The maximum atomic E-state index is 13.5. The zero-order valence-corrected chi connectivity index (χ0v) is 17.2. The van der Waals surface area contributed by atoms with E-state index in [-0.39, 0.29) is 5.41 Å². The van der Waals surface area contributed by atoms with Gasteiger partial charge in [-0.2, -0.15) is 4.31 Å². The molecule has 2 fully saturated rings. The van der Waals surface area contributed by atoms with Crippen molar-refractivity contribution in [1.82, 2.24) is 14.3 Å². The number of nitrogens with zero attached hydrogens (tertiary/aromatic N) is 4. The monoisotopic (exact) mass is 414 g/mol. The summed E-state index contributed by atoms with van der Waals surface area (Å²) in [6, 6.07) is 7.05. The van der Waals surface area contributed by atoms with Crippen molar-refractivity contribution in [3.8, 4) is 5.75 Å². The molecule has 1 aromatic carbocycles. The van der Waals surface area contributed by atoms with Crippen LogP contribution >= 0.6 is 0 Å². The van der Waals surface area contributed by atoms with Gasteiger partial charge in [0.15, 0.2) is 0 Å². The van der Waals surface area contributed by atoms with Crippen LogP contribution in [0.25, 0.3) is 0 Å². The van der Waals surface area contributed by atoms with Gasteiger partial charge >= 0.3 is 0 Å². The van der Waals surface area contributed by atoms with Gasteiger partial charge in [-0.1, -0.05) is 12.1 Å². The van der Waals surface area contributed by atoms with Crippen molar-refractivity contribution in [1.29, 1.82) is 0 Å². The highest BCUT2D eigenvalue weighted by molar-refractivity contribution is 7.89. The van der Waals surface area contributed by atoms with E-state index < -0.39 is 10.0 Å². The fourth-order valence-corrected chi connectivity index (χ4v) is 6.17. The summed E-state index contributed by atoms with van der Waals surface area (Å²) in [6.45, 7) is 3.37. The Morgan fingerprint density at radius 2 is 1.83 bits per heavy atom. The summed E-state index contributed by atoms with van der Waals surface area (Å²) < 4.78 is 34.8. The van der Waals surface area contributed by atoms with Crippen LogP contribution in [0.5, 0.6) is 5.75 Å². The Balaban J connectivity index is 1.43. The molecule has 0 bridgehead atoms. The summed E-state index contributed by atoms with van der Waals surface area (Å²) in [4.78, 5) is 10.8. The van der Waals surface area contributed by atoms with Crippen LogP contribution in [-0.2, 0) is 10.0 Å². The molecule has 0 amide bonds.